The summed E-state index contributed by atoms with van der Waals surface area (Å²) in [6, 6.07) is 9.49. The lowest BCUT2D eigenvalue weighted by Gasteiger charge is -2.33. The third-order valence-corrected chi connectivity index (χ3v) is 4.69. The molecule has 0 radical (unpaired) electrons. The Morgan fingerprint density at radius 2 is 1.96 bits per heavy atom. The topological polar surface area (TPSA) is 49.1 Å². The summed E-state index contributed by atoms with van der Waals surface area (Å²) in [6.45, 7) is 1.03. The standard InChI is InChI=1S/C18H18F3N3O/c1-25-17-15(11-24-8-6-12(7-9-24)18(19,20)21)14(10-22)13-4-2-3-5-16(13)23-17/h2-5,12H,6-9,11H2,1H3. The number of para-hydroxylation sites is 1. The predicted molar refractivity (Wildman–Crippen MR) is 87.1 cm³/mol. The van der Waals surface area contributed by atoms with Crippen LogP contribution >= 0.6 is 0 Å². The van der Waals surface area contributed by atoms with Gasteiger partial charge in [0.05, 0.1) is 24.1 Å². The molecule has 0 unspecified atom stereocenters. The molecule has 2 aromatic rings. The lowest BCUT2D eigenvalue weighted by Crippen LogP contribution is -2.38. The van der Waals surface area contributed by atoms with Crippen molar-refractivity contribution in [2.24, 2.45) is 5.92 Å². The third-order valence-electron chi connectivity index (χ3n) is 4.69. The van der Waals surface area contributed by atoms with Gasteiger partial charge in [-0.25, -0.2) is 4.98 Å². The fraction of sp³-hybridized carbons (Fsp3) is 0.444. The van der Waals surface area contributed by atoms with Gasteiger partial charge in [-0.15, -0.1) is 0 Å². The Bertz CT molecular complexity index is 806. The summed E-state index contributed by atoms with van der Waals surface area (Å²) in [6.07, 6.45) is -3.98. The first kappa shape index (κ1) is 17.5. The minimum absolute atomic E-state index is 0.0781. The molecule has 0 N–H and O–H groups in total. The molecule has 1 aromatic heterocycles. The smallest absolute Gasteiger partial charge is 0.391 e. The van der Waals surface area contributed by atoms with Crippen molar-refractivity contribution in [1.82, 2.24) is 9.88 Å². The van der Waals surface area contributed by atoms with Crippen molar-refractivity contribution in [1.29, 1.82) is 5.26 Å². The van der Waals surface area contributed by atoms with Crippen LogP contribution in [-0.4, -0.2) is 36.3 Å². The Morgan fingerprint density at radius 1 is 1.28 bits per heavy atom. The van der Waals surface area contributed by atoms with Crippen LogP contribution in [0.2, 0.25) is 0 Å². The first-order valence-corrected chi connectivity index (χ1v) is 8.08. The second kappa shape index (κ2) is 6.89. The number of likely N-dealkylation sites (tertiary alicyclic amines) is 1. The molecule has 2 heterocycles. The lowest BCUT2D eigenvalue weighted by atomic mass is 9.95. The van der Waals surface area contributed by atoms with Gasteiger partial charge in [0, 0.05) is 17.5 Å². The number of rotatable bonds is 3. The third kappa shape index (κ3) is 3.54. The lowest BCUT2D eigenvalue weighted by molar-refractivity contribution is -0.185. The molecule has 7 heteroatoms. The molecule has 25 heavy (non-hydrogen) atoms. The van der Waals surface area contributed by atoms with Gasteiger partial charge >= 0.3 is 6.18 Å². The summed E-state index contributed by atoms with van der Waals surface area (Å²) in [4.78, 5) is 6.37. The average molecular weight is 349 g/mol. The second-order valence-corrected chi connectivity index (χ2v) is 6.20. The Hall–Kier alpha value is -2.33. The highest BCUT2D eigenvalue weighted by Crippen LogP contribution is 2.35. The molecule has 1 aromatic carbocycles. The summed E-state index contributed by atoms with van der Waals surface area (Å²) >= 11 is 0. The zero-order valence-electron chi connectivity index (χ0n) is 13.8. The van der Waals surface area contributed by atoms with Crippen molar-refractivity contribution < 1.29 is 17.9 Å². The minimum Gasteiger partial charge on any atom is -0.481 e. The SMILES string of the molecule is COc1nc2ccccc2c(C#N)c1CN1CCC(C(F)(F)F)CC1. The number of halogens is 3. The molecule has 0 amide bonds. The second-order valence-electron chi connectivity index (χ2n) is 6.20. The summed E-state index contributed by atoms with van der Waals surface area (Å²) in [5.74, 6) is -0.885. The van der Waals surface area contributed by atoms with Gasteiger partial charge in [-0.1, -0.05) is 18.2 Å². The largest absolute Gasteiger partial charge is 0.481 e. The van der Waals surface area contributed by atoms with E-state index in [-0.39, 0.29) is 12.8 Å². The number of hydrogen-bond donors (Lipinski definition) is 0. The number of nitriles is 1. The molecule has 3 rings (SSSR count). The molecular formula is C18H18F3N3O. The first-order valence-electron chi connectivity index (χ1n) is 8.08. The Morgan fingerprint density at radius 3 is 2.56 bits per heavy atom. The molecule has 0 bridgehead atoms. The van der Waals surface area contributed by atoms with E-state index in [0.717, 1.165) is 5.39 Å². The number of piperidine rings is 1. The van der Waals surface area contributed by atoms with E-state index >= 15 is 0 Å². The maximum atomic E-state index is 12.8. The zero-order valence-corrected chi connectivity index (χ0v) is 13.8. The zero-order chi connectivity index (χ0) is 18.0. The van der Waals surface area contributed by atoms with Gasteiger partial charge in [-0.2, -0.15) is 18.4 Å². The molecule has 0 saturated carbocycles. The summed E-state index contributed by atoms with van der Waals surface area (Å²) in [7, 11) is 1.48. The van der Waals surface area contributed by atoms with E-state index in [4.69, 9.17) is 4.74 Å². The normalized spacial score (nSPS) is 16.8. The van der Waals surface area contributed by atoms with Crippen molar-refractivity contribution in [3.8, 4) is 11.9 Å². The molecule has 132 valence electrons. The van der Waals surface area contributed by atoms with Crippen LogP contribution in [0.15, 0.2) is 24.3 Å². The molecule has 1 fully saturated rings. The highest BCUT2D eigenvalue weighted by molar-refractivity contribution is 5.86. The summed E-state index contributed by atoms with van der Waals surface area (Å²) < 4.78 is 43.8. The Balaban J connectivity index is 1.88. The van der Waals surface area contributed by atoms with E-state index in [1.54, 1.807) is 6.07 Å². The number of ether oxygens (including phenoxy) is 1. The highest BCUT2D eigenvalue weighted by Gasteiger charge is 2.41. The van der Waals surface area contributed by atoms with Crippen molar-refractivity contribution in [2.75, 3.05) is 20.2 Å². The molecule has 0 spiro atoms. The van der Waals surface area contributed by atoms with E-state index in [9.17, 15) is 18.4 Å². The van der Waals surface area contributed by atoms with E-state index in [0.29, 0.717) is 42.2 Å². The number of nitrogens with zero attached hydrogens (tertiary/aromatic N) is 3. The van der Waals surface area contributed by atoms with Crippen LogP contribution in [-0.2, 0) is 6.54 Å². The van der Waals surface area contributed by atoms with Crippen LogP contribution in [0.4, 0.5) is 13.2 Å². The molecular weight excluding hydrogens is 331 g/mol. The van der Waals surface area contributed by atoms with Gasteiger partial charge < -0.3 is 4.74 Å². The van der Waals surface area contributed by atoms with Crippen LogP contribution in [0.5, 0.6) is 5.88 Å². The Kier molecular flexibility index (Phi) is 4.82. The number of benzene rings is 1. The molecule has 1 saturated heterocycles. The van der Waals surface area contributed by atoms with Gasteiger partial charge in [0.25, 0.3) is 0 Å². The van der Waals surface area contributed by atoms with E-state index < -0.39 is 12.1 Å². The van der Waals surface area contributed by atoms with Crippen molar-refractivity contribution in [3.63, 3.8) is 0 Å². The molecule has 0 atom stereocenters. The first-order chi connectivity index (χ1) is 11.9. The van der Waals surface area contributed by atoms with Gasteiger partial charge in [-0.3, -0.25) is 4.90 Å². The van der Waals surface area contributed by atoms with Crippen LogP contribution < -0.4 is 4.74 Å². The highest BCUT2D eigenvalue weighted by atomic mass is 19.4. The fourth-order valence-electron chi connectivity index (χ4n) is 3.31. The molecule has 4 nitrogen and oxygen atoms in total. The predicted octanol–water partition coefficient (Wildman–Crippen LogP) is 3.89. The average Bonchev–Trinajstić information content (AvgIpc) is 2.60. The van der Waals surface area contributed by atoms with E-state index in [2.05, 4.69) is 11.1 Å². The summed E-state index contributed by atoms with van der Waals surface area (Å²) in [5, 5.41) is 10.3. The van der Waals surface area contributed by atoms with Gasteiger partial charge in [0.2, 0.25) is 5.88 Å². The van der Waals surface area contributed by atoms with Crippen LogP contribution in [0.1, 0.15) is 24.0 Å². The van der Waals surface area contributed by atoms with Gasteiger partial charge in [-0.05, 0) is 32.0 Å². The van der Waals surface area contributed by atoms with Crippen molar-refractivity contribution >= 4 is 10.9 Å². The fourth-order valence-corrected chi connectivity index (χ4v) is 3.31. The van der Waals surface area contributed by atoms with E-state index in [1.807, 2.05) is 23.1 Å². The Labute approximate surface area is 143 Å². The maximum absolute atomic E-state index is 12.8. The number of hydrogen-bond acceptors (Lipinski definition) is 4. The molecule has 0 aliphatic carbocycles. The van der Waals surface area contributed by atoms with Crippen molar-refractivity contribution in [2.45, 2.75) is 25.6 Å². The van der Waals surface area contributed by atoms with E-state index in [1.165, 1.54) is 7.11 Å². The van der Waals surface area contributed by atoms with Crippen LogP contribution in [0.25, 0.3) is 10.9 Å². The number of aromatic nitrogens is 1. The quantitative estimate of drug-likeness (QED) is 0.844. The van der Waals surface area contributed by atoms with Crippen LogP contribution in [0.3, 0.4) is 0 Å². The van der Waals surface area contributed by atoms with Crippen molar-refractivity contribution in [3.05, 3.63) is 35.4 Å². The number of methoxy groups -OCH3 is 1. The minimum atomic E-state index is -4.13. The van der Waals surface area contributed by atoms with Crippen LogP contribution in [0, 0.1) is 17.2 Å². The molecule has 1 aliphatic rings. The number of pyridine rings is 1. The molecule has 1 aliphatic heterocycles. The van der Waals surface area contributed by atoms with Gasteiger partial charge in [0.1, 0.15) is 6.07 Å². The maximum Gasteiger partial charge on any atom is 0.391 e. The van der Waals surface area contributed by atoms with Gasteiger partial charge in [0.15, 0.2) is 0 Å². The number of alkyl halides is 3. The monoisotopic (exact) mass is 349 g/mol. The number of fused-ring (bicyclic) bond motifs is 1. The summed E-state index contributed by atoms with van der Waals surface area (Å²) in [5.41, 5.74) is 1.77.